The summed E-state index contributed by atoms with van der Waals surface area (Å²) in [6, 6.07) is 13.6. The van der Waals surface area contributed by atoms with E-state index in [0.717, 1.165) is 34.7 Å². The van der Waals surface area contributed by atoms with Gasteiger partial charge in [-0.05, 0) is 43.7 Å². The van der Waals surface area contributed by atoms with Gasteiger partial charge >= 0.3 is 0 Å². The van der Waals surface area contributed by atoms with Crippen LogP contribution in [0, 0.1) is 0 Å². The normalized spacial score (nSPS) is 22.7. The zero-order chi connectivity index (χ0) is 23.7. The number of rotatable bonds is 4. The molecule has 0 N–H and O–H groups in total. The van der Waals surface area contributed by atoms with E-state index in [0.29, 0.717) is 24.7 Å². The Morgan fingerprint density at radius 2 is 2.09 bits per heavy atom. The number of fused-ring (bicyclic) bond motifs is 1. The van der Waals surface area contributed by atoms with Crippen LogP contribution in [0.5, 0.6) is 11.5 Å². The fourth-order valence-electron chi connectivity index (χ4n) is 4.48. The van der Waals surface area contributed by atoms with Crippen LogP contribution in [0.15, 0.2) is 70.8 Å². The van der Waals surface area contributed by atoms with Gasteiger partial charge in [0.25, 0.3) is 5.91 Å². The summed E-state index contributed by atoms with van der Waals surface area (Å²) in [5.41, 5.74) is 6.59. The van der Waals surface area contributed by atoms with Gasteiger partial charge < -0.3 is 19.1 Å². The highest BCUT2D eigenvalue weighted by atomic mass is 16.5. The number of ether oxygens (including phenoxy) is 3. The summed E-state index contributed by atoms with van der Waals surface area (Å²) in [7, 11) is 1.62. The van der Waals surface area contributed by atoms with Gasteiger partial charge in [-0.25, -0.2) is 4.99 Å². The Morgan fingerprint density at radius 1 is 1.24 bits per heavy atom. The molecule has 34 heavy (non-hydrogen) atoms. The summed E-state index contributed by atoms with van der Waals surface area (Å²) in [5, 5.41) is 0. The number of nitrogens with zero attached hydrogens (tertiary/aromatic N) is 3. The van der Waals surface area contributed by atoms with Gasteiger partial charge in [-0.3, -0.25) is 9.69 Å². The van der Waals surface area contributed by atoms with Gasteiger partial charge in [0.15, 0.2) is 5.76 Å². The minimum atomic E-state index is -0.121. The maximum absolute atomic E-state index is 13.5. The predicted octanol–water partition coefficient (Wildman–Crippen LogP) is 4.67. The molecule has 5 rings (SSSR count). The number of methoxy groups -OCH3 is 1. The molecule has 3 aliphatic heterocycles. The highest BCUT2D eigenvalue weighted by Gasteiger charge is 2.37. The second-order valence-electron chi connectivity index (χ2n) is 8.53. The number of amides is 1. The molecule has 0 aliphatic carbocycles. The molecule has 0 aromatic heterocycles. The van der Waals surface area contributed by atoms with Crippen LogP contribution < -0.4 is 14.4 Å². The fraction of sp³-hybridized carbons (Fsp3) is 0.296. The van der Waals surface area contributed by atoms with Crippen molar-refractivity contribution in [1.82, 2.24) is 4.90 Å². The molecular weight excluding hydrogens is 430 g/mol. The lowest BCUT2D eigenvalue weighted by Gasteiger charge is -2.40. The van der Waals surface area contributed by atoms with Crippen LogP contribution in [0.3, 0.4) is 0 Å². The monoisotopic (exact) mass is 457 g/mol. The standard InChI is InChI=1S/C27H27N3O4/c1-18-10-12-29(17-28-18)23-9-8-20(14-25(23)32-3)15-26-27(31)30(16-19(2)34-26)22-11-13-33-24-7-5-4-6-21(22)24/h4-9,12,14-15,17,19,22H,11,13,16H2,1-3H3/b26-15-/t19-,22-/m0/s1. The van der Waals surface area contributed by atoms with Crippen LogP contribution in [0.2, 0.25) is 0 Å². The number of anilines is 1. The SMILES string of the molecule is COc1cc(/C=C2\O[C@@H](C)CN([C@H]3CCOc4ccccc43)C2=O)ccc1N1C=C=C(C)N=C1. The Kier molecular flexibility index (Phi) is 5.86. The number of aliphatic imine (C=N–C) groups is 1. The number of carbonyl (C=O) groups is 1. The topological polar surface area (TPSA) is 63.6 Å². The zero-order valence-electron chi connectivity index (χ0n) is 19.5. The maximum atomic E-state index is 13.5. The lowest BCUT2D eigenvalue weighted by atomic mass is 9.97. The number of carbonyl (C=O) groups excluding carboxylic acids is 1. The maximum Gasteiger partial charge on any atom is 0.289 e. The average Bonchev–Trinajstić information content (AvgIpc) is 2.86. The van der Waals surface area contributed by atoms with Gasteiger partial charge in [0.05, 0.1) is 43.9 Å². The summed E-state index contributed by atoms with van der Waals surface area (Å²) in [6.45, 7) is 4.99. The van der Waals surface area contributed by atoms with Gasteiger partial charge in [-0.15, -0.1) is 0 Å². The predicted molar refractivity (Wildman–Crippen MR) is 131 cm³/mol. The Morgan fingerprint density at radius 3 is 2.88 bits per heavy atom. The van der Waals surface area contributed by atoms with E-state index in [1.54, 1.807) is 19.5 Å². The summed E-state index contributed by atoms with van der Waals surface area (Å²) in [4.78, 5) is 21.6. The minimum Gasteiger partial charge on any atom is -0.495 e. The molecular formula is C27H27N3O4. The van der Waals surface area contributed by atoms with Crippen LogP contribution >= 0.6 is 0 Å². The largest absolute Gasteiger partial charge is 0.495 e. The van der Waals surface area contributed by atoms with E-state index >= 15 is 0 Å². The van der Waals surface area contributed by atoms with Crippen LogP contribution in [-0.2, 0) is 9.53 Å². The van der Waals surface area contributed by atoms with Crippen molar-refractivity contribution in [1.29, 1.82) is 0 Å². The van der Waals surface area contributed by atoms with Crippen molar-refractivity contribution in [3.05, 3.63) is 77.0 Å². The van der Waals surface area contributed by atoms with E-state index in [2.05, 4.69) is 10.7 Å². The number of morpholine rings is 1. The molecule has 7 heteroatoms. The first-order valence-electron chi connectivity index (χ1n) is 11.4. The number of benzene rings is 2. The van der Waals surface area contributed by atoms with Crippen molar-refractivity contribution >= 4 is 24.0 Å². The van der Waals surface area contributed by atoms with E-state index in [1.807, 2.05) is 72.3 Å². The lowest BCUT2D eigenvalue weighted by Crippen LogP contribution is -2.47. The molecule has 7 nitrogen and oxygen atoms in total. The Hall–Kier alpha value is -3.96. The van der Waals surface area contributed by atoms with Crippen LogP contribution in [-0.4, -0.2) is 43.5 Å². The Balaban J connectivity index is 1.44. The third kappa shape index (κ3) is 4.18. The molecule has 2 aromatic carbocycles. The lowest BCUT2D eigenvalue weighted by molar-refractivity contribution is -0.142. The third-order valence-corrected chi connectivity index (χ3v) is 6.12. The van der Waals surface area contributed by atoms with E-state index < -0.39 is 0 Å². The molecule has 3 heterocycles. The zero-order valence-corrected chi connectivity index (χ0v) is 19.5. The summed E-state index contributed by atoms with van der Waals surface area (Å²) in [5.74, 6) is 1.71. The summed E-state index contributed by atoms with van der Waals surface area (Å²) < 4.78 is 17.4. The smallest absolute Gasteiger partial charge is 0.289 e. The minimum absolute atomic E-state index is 0.0363. The Labute approximate surface area is 199 Å². The first-order chi connectivity index (χ1) is 16.5. The van der Waals surface area contributed by atoms with Crippen molar-refractivity contribution in [3.63, 3.8) is 0 Å². The molecule has 1 saturated heterocycles. The van der Waals surface area contributed by atoms with Gasteiger partial charge in [0.1, 0.15) is 23.9 Å². The quantitative estimate of drug-likeness (QED) is 0.493. The molecule has 174 valence electrons. The summed E-state index contributed by atoms with van der Waals surface area (Å²) >= 11 is 0. The highest BCUT2D eigenvalue weighted by Crippen LogP contribution is 2.38. The molecule has 0 bridgehead atoms. The summed E-state index contributed by atoms with van der Waals surface area (Å²) in [6.07, 6.45) is 5.96. The van der Waals surface area contributed by atoms with Crippen molar-refractivity contribution in [3.8, 4) is 11.5 Å². The van der Waals surface area contributed by atoms with Crippen molar-refractivity contribution in [2.75, 3.05) is 25.2 Å². The van der Waals surface area contributed by atoms with E-state index in [4.69, 9.17) is 14.2 Å². The first kappa shape index (κ1) is 21.9. The van der Waals surface area contributed by atoms with Crippen LogP contribution in [0.25, 0.3) is 6.08 Å². The van der Waals surface area contributed by atoms with Gasteiger partial charge in [-0.1, -0.05) is 30.0 Å². The van der Waals surface area contributed by atoms with Crippen molar-refractivity contribution in [2.24, 2.45) is 4.99 Å². The Bertz CT molecular complexity index is 1240. The van der Waals surface area contributed by atoms with E-state index in [-0.39, 0.29) is 18.1 Å². The van der Waals surface area contributed by atoms with Crippen molar-refractivity contribution in [2.45, 2.75) is 32.4 Å². The molecule has 0 saturated carbocycles. The second-order valence-corrected chi connectivity index (χ2v) is 8.53. The van der Waals surface area contributed by atoms with E-state index in [9.17, 15) is 4.79 Å². The number of hydrogen-bond donors (Lipinski definition) is 0. The molecule has 2 atom stereocenters. The molecule has 1 fully saturated rings. The van der Waals surface area contributed by atoms with Crippen LogP contribution in [0.4, 0.5) is 5.69 Å². The van der Waals surface area contributed by atoms with Gasteiger partial charge in [0.2, 0.25) is 0 Å². The highest BCUT2D eigenvalue weighted by molar-refractivity contribution is 5.97. The first-order valence-corrected chi connectivity index (χ1v) is 11.4. The molecule has 1 amide bonds. The number of hydrogen-bond acceptors (Lipinski definition) is 6. The average molecular weight is 458 g/mol. The molecule has 3 aliphatic rings. The second kappa shape index (κ2) is 9.12. The number of para-hydroxylation sites is 1. The molecule has 0 unspecified atom stereocenters. The van der Waals surface area contributed by atoms with E-state index in [1.165, 1.54) is 0 Å². The molecule has 0 spiro atoms. The van der Waals surface area contributed by atoms with Gasteiger partial charge in [-0.2, -0.15) is 0 Å². The van der Waals surface area contributed by atoms with Crippen molar-refractivity contribution < 1.29 is 19.0 Å². The number of allylic oxidation sites excluding steroid dienone is 1. The molecule has 0 radical (unpaired) electrons. The van der Waals surface area contributed by atoms with Crippen LogP contribution in [0.1, 0.15) is 37.4 Å². The van der Waals surface area contributed by atoms with Gasteiger partial charge in [0, 0.05) is 12.0 Å². The fourth-order valence-corrected chi connectivity index (χ4v) is 4.48. The third-order valence-electron chi connectivity index (χ3n) is 6.12. The molecule has 2 aromatic rings.